The molecule has 1 heterocycles. The molecule has 1 N–H and O–H groups in total. The Morgan fingerprint density at radius 1 is 1.29 bits per heavy atom. The van der Waals surface area contributed by atoms with Crippen LogP contribution in [0, 0.1) is 6.92 Å². The van der Waals surface area contributed by atoms with Crippen LogP contribution in [0.3, 0.4) is 0 Å². The molecule has 0 spiro atoms. The number of halogens is 1. The Morgan fingerprint density at radius 3 is 2.75 bits per heavy atom. The summed E-state index contributed by atoms with van der Waals surface area (Å²) in [6, 6.07) is 8.79. The third-order valence-electron chi connectivity index (χ3n) is 4.35. The third kappa shape index (κ3) is 3.80. The molecule has 0 aliphatic carbocycles. The van der Waals surface area contributed by atoms with Crippen LogP contribution in [-0.4, -0.2) is 35.9 Å². The fourth-order valence-electron chi connectivity index (χ4n) is 3.03. The Labute approximate surface area is 167 Å². The molecule has 0 aliphatic heterocycles. The van der Waals surface area contributed by atoms with Crippen molar-refractivity contribution in [3.63, 3.8) is 0 Å². The summed E-state index contributed by atoms with van der Waals surface area (Å²) in [5.41, 5.74) is 5.44. The lowest BCUT2D eigenvalue weighted by atomic mass is 10.2. The highest BCUT2D eigenvalue weighted by molar-refractivity contribution is 6.32. The lowest BCUT2D eigenvalue weighted by Gasteiger charge is -2.09. The summed E-state index contributed by atoms with van der Waals surface area (Å²) in [6.07, 6.45) is 1.49. The first-order valence-corrected chi connectivity index (χ1v) is 9.08. The lowest BCUT2D eigenvalue weighted by Crippen LogP contribution is -2.17. The van der Waals surface area contributed by atoms with E-state index in [1.807, 2.05) is 13.0 Å². The van der Waals surface area contributed by atoms with Crippen molar-refractivity contribution in [3.05, 3.63) is 52.3 Å². The molecule has 0 unspecified atom stereocenters. The summed E-state index contributed by atoms with van der Waals surface area (Å²) in [6.45, 7) is 4.83. The normalized spacial score (nSPS) is 11.2. The zero-order valence-electron chi connectivity index (χ0n) is 16.1. The number of imidazole rings is 1. The van der Waals surface area contributed by atoms with Crippen LogP contribution in [0.4, 0.5) is 0 Å². The monoisotopic (exact) mass is 400 g/mol. The number of hydrazone groups is 1. The number of aryl methyl sites for hydroxylation is 2. The highest BCUT2D eigenvalue weighted by Gasteiger charge is 2.12. The minimum Gasteiger partial charge on any atom is -0.493 e. The van der Waals surface area contributed by atoms with Crippen LogP contribution in [0.1, 0.15) is 28.7 Å². The van der Waals surface area contributed by atoms with Gasteiger partial charge in [-0.15, -0.1) is 0 Å². The molecule has 0 saturated carbocycles. The van der Waals surface area contributed by atoms with E-state index in [2.05, 4.69) is 27.0 Å². The molecule has 1 aromatic heterocycles. The first-order chi connectivity index (χ1) is 13.5. The number of hydrogen-bond acceptors (Lipinski definition) is 5. The van der Waals surface area contributed by atoms with E-state index >= 15 is 0 Å². The van der Waals surface area contributed by atoms with Crippen molar-refractivity contribution in [1.82, 2.24) is 15.0 Å². The molecule has 0 radical (unpaired) electrons. The predicted octanol–water partition coefficient (Wildman–Crippen LogP) is 3.80. The lowest BCUT2D eigenvalue weighted by molar-refractivity contribution is 0.0955. The van der Waals surface area contributed by atoms with Gasteiger partial charge in [-0.3, -0.25) is 4.79 Å². The van der Waals surface area contributed by atoms with Crippen LogP contribution in [0.5, 0.6) is 11.5 Å². The van der Waals surface area contributed by atoms with E-state index in [1.165, 1.54) is 20.4 Å². The van der Waals surface area contributed by atoms with Crippen molar-refractivity contribution in [2.24, 2.45) is 5.10 Å². The molecule has 0 fully saturated rings. The highest BCUT2D eigenvalue weighted by atomic mass is 35.5. The number of amides is 1. The Hall–Kier alpha value is -3.06. The fraction of sp³-hybridized carbons (Fsp3) is 0.250. The largest absolute Gasteiger partial charge is 0.493 e. The van der Waals surface area contributed by atoms with Gasteiger partial charge in [0.25, 0.3) is 5.91 Å². The maximum Gasteiger partial charge on any atom is 0.271 e. The first kappa shape index (κ1) is 19.7. The van der Waals surface area contributed by atoms with Gasteiger partial charge in [0.05, 0.1) is 36.5 Å². The smallest absolute Gasteiger partial charge is 0.271 e. The number of nitrogens with one attached hydrogen (secondary N) is 1. The average molecular weight is 401 g/mol. The van der Waals surface area contributed by atoms with Gasteiger partial charge in [0.1, 0.15) is 5.82 Å². The zero-order chi connectivity index (χ0) is 20.3. The number of methoxy groups -OCH3 is 2. The maximum atomic E-state index is 12.4. The summed E-state index contributed by atoms with van der Waals surface area (Å²) in [7, 11) is 3.04. The minimum absolute atomic E-state index is 0.326. The number of aromatic nitrogens is 2. The molecule has 28 heavy (non-hydrogen) atoms. The SMILES string of the molecule is CCn1c(C)nc2cc(C(=O)N/N=C\c3cc(Cl)c(OC)c(OC)c3)ccc21. The Balaban J connectivity index is 1.77. The van der Waals surface area contributed by atoms with Gasteiger partial charge in [-0.05, 0) is 49.7 Å². The number of rotatable bonds is 6. The zero-order valence-corrected chi connectivity index (χ0v) is 16.9. The van der Waals surface area contributed by atoms with E-state index in [0.29, 0.717) is 27.6 Å². The molecule has 0 aliphatic rings. The second kappa shape index (κ2) is 8.31. The minimum atomic E-state index is -0.326. The van der Waals surface area contributed by atoms with Gasteiger partial charge in [0.2, 0.25) is 0 Å². The van der Waals surface area contributed by atoms with Gasteiger partial charge in [-0.2, -0.15) is 5.10 Å². The van der Waals surface area contributed by atoms with Crippen LogP contribution < -0.4 is 14.9 Å². The maximum absolute atomic E-state index is 12.4. The second-order valence-corrected chi connectivity index (χ2v) is 6.45. The van der Waals surface area contributed by atoms with Gasteiger partial charge < -0.3 is 14.0 Å². The molecule has 7 nitrogen and oxygen atoms in total. The van der Waals surface area contributed by atoms with E-state index < -0.39 is 0 Å². The van der Waals surface area contributed by atoms with Gasteiger partial charge in [-0.1, -0.05) is 11.6 Å². The summed E-state index contributed by atoms with van der Waals surface area (Å²) >= 11 is 6.17. The van der Waals surface area contributed by atoms with E-state index in [4.69, 9.17) is 21.1 Å². The van der Waals surface area contributed by atoms with E-state index in [9.17, 15) is 4.79 Å². The van der Waals surface area contributed by atoms with Crippen LogP contribution in [0.15, 0.2) is 35.4 Å². The Morgan fingerprint density at radius 2 is 2.07 bits per heavy atom. The Bertz CT molecular complexity index is 1060. The summed E-state index contributed by atoms with van der Waals surface area (Å²) < 4.78 is 12.5. The molecule has 2 aromatic carbocycles. The van der Waals surface area contributed by atoms with Crippen molar-refractivity contribution in [3.8, 4) is 11.5 Å². The van der Waals surface area contributed by atoms with E-state index in [1.54, 1.807) is 24.3 Å². The van der Waals surface area contributed by atoms with Crippen molar-refractivity contribution < 1.29 is 14.3 Å². The second-order valence-electron chi connectivity index (χ2n) is 6.04. The topological polar surface area (TPSA) is 77.7 Å². The molecule has 146 valence electrons. The first-order valence-electron chi connectivity index (χ1n) is 8.70. The molecular weight excluding hydrogens is 380 g/mol. The Kier molecular flexibility index (Phi) is 5.84. The van der Waals surface area contributed by atoms with E-state index in [0.717, 1.165) is 23.4 Å². The fourth-order valence-corrected chi connectivity index (χ4v) is 3.33. The van der Waals surface area contributed by atoms with Crippen LogP contribution in [0.25, 0.3) is 11.0 Å². The summed E-state index contributed by atoms with van der Waals surface area (Å²) in [5.74, 6) is 1.52. The molecule has 3 rings (SSSR count). The van der Waals surface area contributed by atoms with E-state index in [-0.39, 0.29) is 5.91 Å². The molecule has 0 bridgehead atoms. The number of ether oxygens (including phenoxy) is 2. The molecule has 8 heteroatoms. The number of nitrogens with zero attached hydrogens (tertiary/aromatic N) is 3. The van der Waals surface area contributed by atoms with Crippen LogP contribution in [-0.2, 0) is 6.54 Å². The quantitative estimate of drug-likeness (QED) is 0.504. The number of carbonyl (C=O) groups excluding carboxylic acids is 1. The molecule has 1 amide bonds. The van der Waals surface area contributed by atoms with Gasteiger partial charge in [0.15, 0.2) is 11.5 Å². The summed E-state index contributed by atoms with van der Waals surface area (Å²) in [4.78, 5) is 16.9. The average Bonchev–Trinajstić information content (AvgIpc) is 3.01. The molecular formula is C20H21ClN4O3. The predicted molar refractivity (Wildman–Crippen MR) is 110 cm³/mol. The van der Waals surface area contributed by atoms with Gasteiger partial charge in [0, 0.05) is 12.1 Å². The van der Waals surface area contributed by atoms with Crippen LogP contribution >= 0.6 is 11.6 Å². The van der Waals surface area contributed by atoms with Gasteiger partial charge in [-0.25, -0.2) is 10.4 Å². The van der Waals surface area contributed by atoms with Gasteiger partial charge >= 0.3 is 0 Å². The highest BCUT2D eigenvalue weighted by Crippen LogP contribution is 2.35. The van der Waals surface area contributed by atoms with Crippen molar-refractivity contribution in [2.75, 3.05) is 14.2 Å². The number of benzene rings is 2. The molecule has 0 atom stereocenters. The molecule has 3 aromatic rings. The number of carbonyl (C=O) groups is 1. The van der Waals surface area contributed by atoms with Crippen molar-refractivity contribution >= 4 is 34.8 Å². The summed E-state index contributed by atoms with van der Waals surface area (Å²) in [5, 5.41) is 4.39. The molecule has 0 saturated heterocycles. The number of fused-ring (bicyclic) bond motifs is 1. The van der Waals surface area contributed by atoms with Crippen LogP contribution in [0.2, 0.25) is 5.02 Å². The third-order valence-corrected chi connectivity index (χ3v) is 4.63. The standard InChI is InChI=1S/C20H21ClN4O3/c1-5-25-12(2)23-16-10-14(6-7-17(16)25)20(26)24-22-11-13-8-15(21)19(28-4)18(9-13)27-3/h6-11H,5H2,1-4H3,(H,24,26)/b22-11-. The van der Waals surface area contributed by atoms with Crippen molar-refractivity contribution in [1.29, 1.82) is 0 Å². The number of hydrogen-bond donors (Lipinski definition) is 1. The van der Waals surface area contributed by atoms with Crippen molar-refractivity contribution in [2.45, 2.75) is 20.4 Å².